The molecule has 122 valence electrons. The van der Waals surface area contributed by atoms with Crippen molar-refractivity contribution >= 4 is 27.8 Å². The SMILES string of the molecule is CC(=O)N1CCCCC1.COc1nc(Br)c(O)cc1C(=O)O. The number of carboxylic acid groups (broad SMARTS) is 1. The summed E-state index contributed by atoms with van der Waals surface area (Å²) in [6.07, 6.45) is 3.68. The number of nitrogens with zero attached hydrogens (tertiary/aromatic N) is 2. The monoisotopic (exact) mass is 374 g/mol. The second kappa shape index (κ2) is 8.57. The maximum atomic E-state index is 10.7. The number of aromatic hydroxyl groups is 1. The first-order valence-electron chi connectivity index (χ1n) is 6.79. The summed E-state index contributed by atoms with van der Waals surface area (Å²) in [4.78, 5) is 26.9. The molecule has 1 aliphatic heterocycles. The molecule has 1 fully saturated rings. The first-order valence-corrected chi connectivity index (χ1v) is 7.58. The van der Waals surface area contributed by atoms with E-state index in [4.69, 9.17) is 14.9 Å². The van der Waals surface area contributed by atoms with Crippen LogP contribution in [0.3, 0.4) is 0 Å². The summed E-state index contributed by atoms with van der Waals surface area (Å²) in [6, 6.07) is 1.07. The van der Waals surface area contributed by atoms with Crippen LogP contribution in [0.5, 0.6) is 11.6 Å². The van der Waals surface area contributed by atoms with E-state index in [2.05, 4.69) is 20.9 Å². The van der Waals surface area contributed by atoms with Crippen LogP contribution in [0, 0.1) is 0 Å². The second-order valence-corrected chi connectivity index (χ2v) is 5.48. The topological polar surface area (TPSA) is 100.0 Å². The van der Waals surface area contributed by atoms with Gasteiger partial charge in [-0.3, -0.25) is 4.79 Å². The van der Waals surface area contributed by atoms with E-state index in [0.717, 1.165) is 19.2 Å². The number of rotatable bonds is 2. The van der Waals surface area contributed by atoms with E-state index in [1.807, 2.05) is 4.90 Å². The fourth-order valence-electron chi connectivity index (χ4n) is 1.98. The molecule has 1 aliphatic rings. The summed E-state index contributed by atoms with van der Waals surface area (Å²) in [6.45, 7) is 3.61. The molecule has 2 rings (SSSR count). The molecule has 0 radical (unpaired) electrons. The number of carbonyl (C=O) groups is 2. The highest BCUT2D eigenvalue weighted by molar-refractivity contribution is 9.10. The van der Waals surface area contributed by atoms with E-state index in [1.54, 1.807) is 6.92 Å². The Kier molecular flexibility index (Phi) is 7.10. The Morgan fingerprint density at radius 2 is 1.91 bits per heavy atom. The molecule has 0 aromatic carbocycles. The van der Waals surface area contributed by atoms with Crippen molar-refractivity contribution < 1.29 is 24.5 Å². The summed E-state index contributed by atoms with van der Waals surface area (Å²) < 4.78 is 4.86. The van der Waals surface area contributed by atoms with Crippen molar-refractivity contribution in [3.05, 3.63) is 16.2 Å². The molecule has 8 heteroatoms. The minimum absolute atomic E-state index is 0.0443. The van der Waals surface area contributed by atoms with Crippen molar-refractivity contribution in [1.29, 1.82) is 0 Å². The zero-order valence-corrected chi connectivity index (χ0v) is 14.1. The Balaban J connectivity index is 0.000000235. The molecule has 0 bridgehead atoms. The average Bonchev–Trinajstić information content (AvgIpc) is 2.50. The lowest BCUT2D eigenvalue weighted by Crippen LogP contribution is -2.33. The van der Waals surface area contributed by atoms with Gasteiger partial charge in [-0.15, -0.1) is 0 Å². The summed E-state index contributed by atoms with van der Waals surface area (Å²) in [5.41, 5.74) is -0.178. The lowest BCUT2D eigenvalue weighted by molar-refractivity contribution is -0.129. The zero-order chi connectivity index (χ0) is 16.7. The normalized spacial score (nSPS) is 13.9. The molecule has 1 aromatic rings. The standard InChI is InChI=1S/C7H6BrNO4.C7H13NO/c1-13-6-3(7(11)12)2-4(10)5(8)9-6;1-7(9)8-5-3-2-4-6-8/h2,10H,1H3,(H,11,12);2-6H2,1H3. The third-order valence-corrected chi connectivity index (χ3v) is 3.73. The van der Waals surface area contributed by atoms with Crippen molar-refractivity contribution in [3.8, 4) is 11.6 Å². The van der Waals surface area contributed by atoms with Crippen LogP contribution in [0.4, 0.5) is 0 Å². The predicted octanol–water partition coefficient (Wildman–Crippen LogP) is 2.28. The van der Waals surface area contributed by atoms with Crippen molar-refractivity contribution in [3.63, 3.8) is 0 Å². The lowest BCUT2D eigenvalue weighted by atomic mass is 10.1. The summed E-state index contributed by atoms with van der Waals surface area (Å²) in [5.74, 6) is -1.25. The Labute approximate surface area is 137 Å². The summed E-state index contributed by atoms with van der Waals surface area (Å²) >= 11 is 2.94. The summed E-state index contributed by atoms with van der Waals surface area (Å²) in [5, 5.41) is 17.8. The Bertz CT molecular complexity index is 544. The van der Waals surface area contributed by atoms with Gasteiger partial charge in [0.2, 0.25) is 11.8 Å². The van der Waals surface area contributed by atoms with E-state index in [-0.39, 0.29) is 27.7 Å². The smallest absolute Gasteiger partial charge is 0.341 e. The van der Waals surface area contributed by atoms with Gasteiger partial charge in [0.05, 0.1) is 7.11 Å². The number of piperidine rings is 1. The van der Waals surface area contributed by atoms with Crippen molar-refractivity contribution in [2.75, 3.05) is 20.2 Å². The molecule has 22 heavy (non-hydrogen) atoms. The number of ether oxygens (including phenoxy) is 1. The van der Waals surface area contributed by atoms with E-state index in [9.17, 15) is 9.59 Å². The van der Waals surface area contributed by atoms with E-state index < -0.39 is 5.97 Å². The third kappa shape index (κ3) is 5.18. The number of carbonyl (C=O) groups excluding carboxylic acids is 1. The van der Waals surface area contributed by atoms with Gasteiger partial charge in [0.25, 0.3) is 0 Å². The molecule has 1 saturated heterocycles. The Hall–Kier alpha value is -1.83. The zero-order valence-electron chi connectivity index (χ0n) is 12.5. The molecule has 7 nitrogen and oxygen atoms in total. The van der Waals surface area contributed by atoms with Gasteiger partial charge >= 0.3 is 5.97 Å². The highest BCUT2D eigenvalue weighted by Gasteiger charge is 2.15. The molecule has 2 N–H and O–H groups in total. The highest BCUT2D eigenvalue weighted by Crippen LogP contribution is 2.27. The van der Waals surface area contributed by atoms with Crippen LogP contribution in [0.25, 0.3) is 0 Å². The minimum atomic E-state index is -1.20. The van der Waals surface area contributed by atoms with Crippen LogP contribution in [0.1, 0.15) is 36.5 Å². The molecule has 0 unspecified atom stereocenters. The minimum Gasteiger partial charge on any atom is -0.505 e. The maximum absolute atomic E-state index is 10.7. The van der Waals surface area contributed by atoms with Crippen LogP contribution < -0.4 is 4.74 Å². The molecule has 1 amide bonds. The molecule has 0 aliphatic carbocycles. The largest absolute Gasteiger partial charge is 0.505 e. The third-order valence-electron chi connectivity index (χ3n) is 3.15. The van der Waals surface area contributed by atoms with Crippen molar-refractivity contribution in [2.45, 2.75) is 26.2 Å². The fraction of sp³-hybridized carbons (Fsp3) is 0.500. The molecule has 2 heterocycles. The molecule has 1 aromatic heterocycles. The number of methoxy groups -OCH3 is 1. The number of amides is 1. The average molecular weight is 375 g/mol. The number of pyridine rings is 1. The second-order valence-electron chi connectivity index (χ2n) is 4.73. The molecule has 0 atom stereocenters. The van der Waals surface area contributed by atoms with Crippen LogP contribution in [-0.2, 0) is 4.79 Å². The van der Waals surface area contributed by atoms with Gasteiger partial charge in [-0.1, -0.05) is 0 Å². The number of hydrogen-bond donors (Lipinski definition) is 2. The van der Waals surface area contributed by atoms with Gasteiger partial charge < -0.3 is 19.8 Å². The number of aromatic nitrogens is 1. The first-order chi connectivity index (χ1) is 10.4. The van der Waals surface area contributed by atoms with E-state index in [1.165, 1.54) is 26.4 Å². The maximum Gasteiger partial charge on any atom is 0.341 e. The van der Waals surface area contributed by atoms with Crippen molar-refractivity contribution in [2.24, 2.45) is 0 Å². The predicted molar refractivity (Wildman–Crippen MR) is 83.2 cm³/mol. The van der Waals surface area contributed by atoms with Gasteiger partial charge in [0.1, 0.15) is 11.3 Å². The molecular formula is C14H19BrN2O5. The quantitative estimate of drug-likeness (QED) is 0.770. The Morgan fingerprint density at radius 1 is 1.32 bits per heavy atom. The van der Waals surface area contributed by atoms with E-state index >= 15 is 0 Å². The Morgan fingerprint density at radius 3 is 2.32 bits per heavy atom. The van der Waals surface area contributed by atoms with Crippen molar-refractivity contribution in [1.82, 2.24) is 9.88 Å². The van der Waals surface area contributed by atoms with Crippen LogP contribution in [-0.4, -0.2) is 52.2 Å². The number of aromatic carboxylic acids is 1. The van der Waals surface area contributed by atoms with Gasteiger partial charge in [0, 0.05) is 26.1 Å². The van der Waals surface area contributed by atoms with E-state index in [0.29, 0.717) is 0 Å². The molecule has 0 saturated carbocycles. The molecule has 0 spiro atoms. The number of carboxylic acids is 1. The van der Waals surface area contributed by atoms with Gasteiger partial charge in [-0.2, -0.15) is 0 Å². The summed E-state index contributed by atoms with van der Waals surface area (Å²) in [7, 11) is 1.30. The van der Waals surface area contributed by atoms with Crippen LogP contribution >= 0.6 is 15.9 Å². The first kappa shape index (κ1) is 18.2. The number of hydrogen-bond acceptors (Lipinski definition) is 5. The number of likely N-dealkylation sites (tertiary alicyclic amines) is 1. The van der Waals surface area contributed by atoms with Gasteiger partial charge in [-0.05, 0) is 35.2 Å². The fourth-order valence-corrected chi connectivity index (χ4v) is 2.26. The molecular weight excluding hydrogens is 356 g/mol. The van der Waals surface area contributed by atoms with Crippen LogP contribution in [0.15, 0.2) is 10.7 Å². The lowest BCUT2D eigenvalue weighted by Gasteiger charge is -2.24. The number of halogens is 1. The van der Waals surface area contributed by atoms with Gasteiger partial charge in [0.15, 0.2) is 4.60 Å². The van der Waals surface area contributed by atoms with Crippen LogP contribution in [0.2, 0.25) is 0 Å². The van der Waals surface area contributed by atoms with Gasteiger partial charge in [-0.25, -0.2) is 9.78 Å². The highest BCUT2D eigenvalue weighted by atomic mass is 79.9.